The van der Waals surface area contributed by atoms with Crippen molar-refractivity contribution in [3.8, 4) is 6.07 Å². The lowest BCUT2D eigenvalue weighted by atomic mass is 9.71. The summed E-state index contributed by atoms with van der Waals surface area (Å²) in [5.41, 5.74) is 0.790. The van der Waals surface area contributed by atoms with Gasteiger partial charge < -0.3 is 5.32 Å². The Balaban J connectivity index is 1.91. The van der Waals surface area contributed by atoms with E-state index in [1.807, 2.05) is 23.8 Å². The van der Waals surface area contributed by atoms with Crippen LogP contribution in [0.15, 0.2) is 23.0 Å². The normalized spacial score (nSPS) is 23.6. The van der Waals surface area contributed by atoms with E-state index in [2.05, 4.69) is 28.6 Å². The zero-order chi connectivity index (χ0) is 18.7. The van der Waals surface area contributed by atoms with Gasteiger partial charge in [-0.3, -0.25) is 4.79 Å². The van der Waals surface area contributed by atoms with E-state index in [4.69, 9.17) is 5.26 Å². The van der Waals surface area contributed by atoms with E-state index >= 15 is 0 Å². The second-order valence-corrected chi connectivity index (χ2v) is 8.29. The van der Waals surface area contributed by atoms with Crippen LogP contribution in [0.4, 0.5) is 0 Å². The molecule has 2 heterocycles. The maximum atomic E-state index is 12.8. The van der Waals surface area contributed by atoms with E-state index < -0.39 is 5.54 Å². The van der Waals surface area contributed by atoms with E-state index in [0.717, 1.165) is 37.3 Å². The number of hydrogen-bond acceptors (Lipinski definition) is 5. The molecular formula is C19H25N5OS. The van der Waals surface area contributed by atoms with Gasteiger partial charge in [-0.2, -0.15) is 16.6 Å². The molecular weight excluding hydrogens is 346 g/mol. The lowest BCUT2D eigenvalue weighted by Gasteiger charge is -2.40. The Hall–Kier alpha value is -2.20. The van der Waals surface area contributed by atoms with Gasteiger partial charge >= 0.3 is 0 Å². The zero-order valence-corrected chi connectivity index (χ0v) is 16.3. The first-order valence-corrected chi connectivity index (χ1v) is 10.0. The van der Waals surface area contributed by atoms with Crippen LogP contribution >= 0.6 is 11.3 Å². The smallest absolute Gasteiger partial charge is 0.252 e. The molecule has 2 aromatic heterocycles. The molecule has 0 saturated heterocycles. The van der Waals surface area contributed by atoms with Gasteiger partial charge in [0.1, 0.15) is 11.7 Å². The summed E-state index contributed by atoms with van der Waals surface area (Å²) >= 11 is 1.51. The van der Waals surface area contributed by atoms with Gasteiger partial charge in [0.2, 0.25) is 0 Å². The molecule has 2 atom stereocenters. The van der Waals surface area contributed by atoms with Crippen molar-refractivity contribution in [2.75, 3.05) is 0 Å². The fourth-order valence-electron chi connectivity index (χ4n) is 3.68. The minimum atomic E-state index is -0.605. The van der Waals surface area contributed by atoms with Gasteiger partial charge in [-0.15, -0.1) is 5.10 Å². The van der Waals surface area contributed by atoms with Crippen LogP contribution in [-0.4, -0.2) is 20.9 Å². The summed E-state index contributed by atoms with van der Waals surface area (Å²) in [4.78, 5) is 12.8. The van der Waals surface area contributed by atoms with Crippen LogP contribution in [0.5, 0.6) is 0 Å². The molecule has 26 heavy (non-hydrogen) atoms. The maximum Gasteiger partial charge on any atom is 0.252 e. The Labute approximate surface area is 158 Å². The Morgan fingerprint density at radius 3 is 2.81 bits per heavy atom. The highest BCUT2D eigenvalue weighted by molar-refractivity contribution is 7.08. The zero-order valence-electron chi connectivity index (χ0n) is 15.5. The number of nitriles is 1. The number of rotatable bonds is 5. The highest BCUT2D eigenvalue weighted by Gasteiger charge is 2.41. The molecule has 0 unspecified atom stereocenters. The van der Waals surface area contributed by atoms with Crippen molar-refractivity contribution in [3.05, 3.63) is 34.3 Å². The van der Waals surface area contributed by atoms with Crippen molar-refractivity contribution in [1.29, 1.82) is 5.26 Å². The third-order valence-corrected chi connectivity index (χ3v) is 6.30. The van der Waals surface area contributed by atoms with E-state index in [1.165, 1.54) is 11.3 Å². The summed E-state index contributed by atoms with van der Waals surface area (Å²) in [6.07, 6.45) is 6.19. The minimum Gasteiger partial charge on any atom is -0.341 e. The van der Waals surface area contributed by atoms with Gasteiger partial charge in [0.05, 0.1) is 23.4 Å². The summed E-state index contributed by atoms with van der Waals surface area (Å²) in [5, 5.41) is 24.6. The van der Waals surface area contributed by atoms with Crippen LogP contribution in [0, 0.1) is 23.2 Å². The average molecular weight is 372 g/mol. The number of nitrogens with zero attached hydrogens (tertiary/aromatic N) is 4. The number of thiophene rings is 1. The largest absolute Gasteiger partial charge is 0.341 e. The van der Waals surface area contributed by atoms with Gasteiger partial charge in [0.25, 0.3) is 5.91 Å². The summed E-state index contributed by atoms with van der Waals surface area (Å²) < 4.78 is 1.57. The van der Waals surface area contributed by atoms with Crippen LogP contribution in [0.25, 0.3) is 0 Å². The van der Waals surface area contributed by atoms with Crippen molar-refractivity contribution in [3.63, 3.8) is 0 Å². The molecule has 1 saturated carbocycles. The topological polar surface area (TPSA) is 83.6 Å². The first-order chi connectivity index (χ1) is 12.4. The van der Waals surface area contributed by atoms with Crippen molar-refractivity contribution in [2.45, 2.75) is 58.0 Å². The first-order valence-electron chi connectivity index (χ1n) is 9.10. The van der Waals surface area contributed by atoms with Crippen molar-refractivity contribution in [2.24, 2.45) is 11.8 Å². The van der Waals surface area contributed by atoms with Gasteiger partial charge in [-0.25, -0.2) is 4.68 Å². The molecule has 2 aromatic rings. The van der Waals surface area contributed by atoms with Crippen LogP contribution < -0.4 is 5.32 Å². The van der Waals surface area contributed by atoms with Crippen molar-refractivity contribution < 1.29 is 4.79 Å². The lowest BCUT2D eigenvalue weighted by Crippen LogP contribution is -2.50. The van der Waals surface area contributed by atoms with E-state index in [1.54, 1.807) is 17.8 Å². The van der Waals surface area contributed by atoms with Gasteiger partial charge in [-0.1, -0.05) is 25.0 Å². The van der Waals surface area contributed by atoms with Crippen molar-refractivity contribution in [1.82, 2.24) is 20.3 Å². The average Bonchev–Trinajstić information content (AvgIpc) is 3.33. The summed E-state index contributed by atoms with van der Waals surface area (Å²) in [7, 11) is 0. The standard InChI is InChI=1S/C19H25N5OS/c1-13-4-6-16(7-5-13)19(3,21-18(25)15-8-9-26-12-15)17-11-24(23-22-17)14(2)10-20/h8-9,11-14,16H,4-7H2,1-3H3,(H,21,25)/t13?,14-,16?,19+/m0/s1. The molecule has 7 heteroatoms. The first kappa shape index (κ1) is 18.6. The number of hydrogen-bond donors (Lipinski definition) is 1. The Bertz CT molecular complexity index is 785. The predicted octanol–water partition coefficient (Wildman–Crippen LogP) is 3.90. The predicted molar refractivity (Wildman–Crippen MR) is 101 cm³/mol. The number of carbonyl (C=O) groups is 1. The second kappa shape index (κ2) is 7.58. The third kappa shape index (κ3) is 3.65. The third-order valence-electron chi connectivity index (χ3n) is 5.61. The molecule has 1 amide bonds. The number of carbonyl (C=O) groups excluding carboxylic acids is 1. The molecule has 0 aromatic carbocycles. The Morgan fingerprint density at radius 1 is 1.46 bits per heavy atom. The van der Waals surface area contributed by atoms with Gasteiger partial charge in [0, 0.05) is 5.38 Å². The monoisotopic (exact) mass is 371 g/mol. The molecule has 1 N–H and O–H groups in total. The van der Waals surface area contributed by atoms with E-state index in [0.29, 0.717) is 11.5 Å². The van der Waals surface area contributed by atoms with E-state index in [-0.39, 0.29) is 11.9 Å². The highest BCUT2D eigenvalue weighted by atomic mass is 32.1. The summed E-state index contributed by atoms with van der Waals surface area (Å²) in [6, 6.07) is 3.61. The fraction of sp³-hybridized carbons (Fsp3) is 0.579. The number of amides is 1. The van der Waals surface area contributed by atoms with Crippen molar-refractivity contribution >= 4 is 17.2 Å². The van der Waals surface area contributed by atoms with Crippen LogP contribution in [-0.2, 0) is 5.54 Å². The molecule has 1 aliphatic carbocycles. The molecule has 0 bridgehead atoms. The molecule has 3 rings (SSSR count). The maximum absolute atomic E-state index is 12.8. The van der Waals surface area contributed by atoms with E-state index in [9.17, 15) is 4.79 Å². The molecule has 6 nitrogen and oxygen atoms in total. The minimum absolute atomic E-state index is 0.0877. The number of nitrogens with one attached hydrogen (secondary N) is 1. The lowest BCUT2D eigenvalue weighted by molar-refractivity contribution is 0.0813. The summed E-state index contributed by atoms with van der Waals surface area (Å²) in [5.74, 6) is 0.927. The Kier molecular flexibility index (Phi) is 5.42. The van der Waals surface area contributed by atoms with Crippen LogP contribution in [0.3, 0.4) is 0 Å². The SMILES string of the molecule is CC1CCC([C@@](C)(NC(=O)c2ccsc2)c2cn([C@@H](C)C#N)nn2)CC1. The quantitative estimate of drug-likeness (QED) is 0.864. The molecule has 1 fully saturated rings. The van der Waals surface area contributed by atoms with Gasteiger partial charge in [0.15, 0.2) is 0 Å². The second-order valence-electron chi connectivity index (χ2n) is 7.51. The fourth-order valence-corrected chi connectivity index (χ4v) is 4.31. The molecule has 1 aliphatic rings. The highest BCUT2D eigenvalue weighted by Crippen LogP contribution is 2.40. The van der Waals surface area contributed by atoms with Crippen LogP contribution in [0.1, 0.15) is 68.5 Å². The molecule has 138 valence electrons. The Morgan fingerprint density at radius 2 is 2.19 bits per heavy atom. The molecule has 0 aliphatic heterocycles. The number of aromatic nitrogens is 3. The van der Waals surface area contributed by atoms with Gasteiger partial charge in [-0.05, 0) is 50.0 Å². The molecule has 0 radical (unpaired) electrons. The molecule has 0 spiro atoms. The van der Waals surface area contributed by atoms with Crippen LogP contribution in [0.2, 0.25) is 0 Å². The summed E-state index contributed by atoms with van der Waals surface area (Å²) in [6.45, 7) is 6.10.